The number of fused-ring (bicyclic) bond motifs is 2. The Morgan fingerprint density at radius 1 is 1.24 bits per heavy atom. The Bertz CT molecular complexity index is 689. The van der Waals surface area contributed by atoms with Crippen LogP contribution in [-0.2, 0) is 9.59 Å². The van der Waals surface area contributed by atoms with Crippen molar-refractivity contribution in [3.8, 4) is 0 Å². The van der Waals surface area contributed by atoms with Gasteiger partial charge in [-0.3, -0.25) is 14.4 Å². The molecule has 3 rings (SSSR count). The molecule has 2 aliphatic rings. The lowest BCUT2D eigenvalue weighted by molar-refractivity contribution is -0.148. The number of hydrogen-bond acceptors (Lipinski definition) is 3. The molecule has 2 bridgehead atoms. The topological polar surface area (TPSA) is 60.9 Å². The first kappa shape index (κ1) is 17.4. The number of piperidine rings is 2. The minimum absolute atomic E-state index is 0.0391. The van der Waals surface area contributed by atoms with Crippen LogP contribution < -0.4 is 0 Å². The molecule has 0 radical (unpaired) electrons. The first-order valence-corrected chi connectivity index (χ1v) is 8.42. The minimum atomic E-state index is -0.542. The van der Waals surface area contributed by atoms with Gasteiger partial charge in [0.05, 0.1) is 6.54 Å². The van der Waals surface area contributed by atoms with Crippen LogP contribution in [0.5, 0.6) is 0 Å². The maximum Gasteiger partial charge on any atom is 0.254 e. The van der Waals surface area contributed by atoms with E-state index < -0.39 is 11.9 Å². The molecule has 0 unspecified atom stereocenters. The first-order chi connectivity index (χ1) is 11.9. The summed E-state index contributed by atoms with van der Waals surface area (Å²) in [6, 6.07) is 4.81. The molecule has 1 aromatic carbocycles. The van der Waals surface area contributed by atoms with Gasteiger partial charge in [0.2, 0.25) is 11.8 Å². The van der Waals surface area contributed by atoms with Crippen molar-refractivity contribution in [1.29, 1.82) is 0 Å². The average Bonchev–Trinajstić information content (AvgIpc) is 2.59. The first-order valence-electron chi connectivity index (χ1n) is 8.42. The smallest absolute Gasteiger partial charge is 0.254 e. The van der Waals surface area contributed by atoms with E-state index in [1.807, 2.05) is 0 Å². The van der Waals surface area contributed by atoms with Crippen LogP contribution in [0.3, 0.4) is 0 Å². The SMILES string of the molecule is CN(C)C(=O)CN1C[C@H]2CCN(C(=O)c3ccc(F)cc3)[C@H](C2)C1=O. The molecule has 2 heterocycles. The van der Waals surface area contributed by atoms with Gasteiger partial charge in [0.15, 0.2) is 0 Å². The number of likely N-dealkylation sites (N-methyl/N-ethyl adjacent to an activating group) is 1. The summed E-state index contributed by atoms with van der Waals surface area (Å²) in [4.78, 5) is 42.1. The van der Waals surface area contributed by atoms with Crippen LogP contribution in [0.4, 0.5) is 4.39 Å². The third-order valence-electron chi connectivity index (χ3n) is 4.96. The van der Waals surface area contributed by atoms with E-state index in [1.54, 1.807) is 23.9 Å². The Morgan fingerprint density at radius 2 is 1.92 bits per heavy atom. The predicted octanol–water partition coefficient (Wildman–Crippen LogP) is 0.977. The number of likely N-dealkylation sites (tertiary alicyclic amines) is 2. The highest BCUT2D eigenvalue weighted by Gasteiger charge is 2.43. The van der Waals surface area contributed by atoms with Crippen molar-refractivity contribution >= 4 is 17.7 Å². The summed E-state index contributed by atoms with van der Waals surface area (Å²) in [7, 11) is 3.31. The van der Waals surface area contributed by atoms with Crippen molar-refractivity contribution in [1.82, 2.24) is 14.7 Å². The summed E-state index contributed by atoms with van der Waals surface area (Å²) >= 11 is 0. The number of carbonyl (C=O) groups is 3. The van der Waals surface area contributed by atoms with Crippen molar-refractivity contribution < 1.29 is 18.8 Å². The summed E-state index contributed by atoms with van der Waals surface area (Å²) in [5, 5.41) is 0. The number of rotatable bonds is 3. The maximum absolute atomic E-state index is 13.1. The van der Waals surface area contributed by atoms with E-state index in [1.165, 1.54) is 29.2 Å². The van der Waals surface area contributed by atoms with Crippen LogP contribution in [0, 0.1) is 11.7 Å². The second kappa shape index (κ2) is 6.82. The quantitative estimate of drug-likeness (QED) is 0.819. The Labute approximate surface area is 146 Å². The van der Waals surface area contributed by atoms with Gasteiger partial charge in [0.25, 0.3) is 5.91 Å². The fourth-order valence-electron chi connectivity index (χ4n) is 3.50. The van der Waals surface area contributed by atoms with Crippen LogP contribution >= 0.6 is 0 Å². The third-order valence-corrected chi connectivity index (χ3v) is 4.96. The molecular weight excluding hydrogens is 325 g/mol. The number of carbonyl (C=O) groups excluding carboxylic acids is 3. The third kappa shape index (κ3) is 3.50. The van der Waals surface area contributed by atoms with E-state index in [2.05, 4.69) is 0 Å². The molecular formula is C18H22FN3O3. The Kier molecular flexibility index (Phi) is 4.74. The fraction of sp³-hybridized carbons (Fsp3) is 0.500. The standard InChI is InChI=1S/C18H22FN3O3/c1-20(2)16(23)11-21-10-12-7-8-22(15(9-12)18(21)25)17(24)13-3-5-14(19)6-4-13/h3-6,12,15H,7-11H2,1-2H3/t12-,15+/m0/s1. The Hall–Kier alpha value is -2.44. The Balaban J connectivity index is 1.77. The monoisotopic (exact) mass is 347 g/mol. The molecule has 0 N–H and O–H groups in total. The van der Waals surface area contributed by atoms with Crippen LogP contribution in [0.15, 0.2) is 24.3 Å². The van der Waals surface area contributed by atoms with E-state index >= 15 is 0 Å². The molecule has 0 saturated carbocycles. The molecule has 1 aromatic rings. The zero-order chi connectivity index (χ0) is 18.1. The summed E-state index contributed by atoms with van der Waals surface area (Å²) in [6.07, 6.45) is 1.42. The van der Waals surface area contributed by atoms with Gasteiger partial charge < -0.3 is 14.7 Å². The minimum Gasteiger partial charge on any atom is -0.347 e. The molecule has 2 fully saturated rings. The summed E-state index contributed by atoms with van der Waals surface area (Å²) in [6.45, 7) is 1.11. The molecule has 6 nitrogen and oxygen atoms in total. The van der Waals surface area contributed by atoms with Crippen LogP contribution in [0.2, 0.25) is 0 Å². The van der Waals surface area contributed by atoms with Crippen molar-refractivity contribution in [3.63, 3.8) is 0 Å². The van der Waals surface area contributed by atoms with Crippen molar-refractivity contribution in [2.45, 2.75) is 18.9 Å². The number of benzene rings is 1. The highest BCUT2D eigenvalue weighted by atomic mass is 19.1. The lowest BCUT2D eigenvalue weighted by atomic mass is 9.85. The summed E-state index contributed by atoms with van der Waals surface area (Å²) in [5.41, 5.74) is 0.370. The number of nitrogens with zero attached hydrogens (tertiary/aromatic N) is 3. The maximum atomic E-state index is 13.1. The van der Waals surface area contributed by atoms with Crippen LogP contribution in [0.1, 0.15) is 23.2 Å². The van der Waals surface area contributed by atoms with E-state index in [9.17, 15) is 18.8 Å². The predicted molar refractivity (Wildman–Crippen MR) is 89.2 cm³/mol. The molecule has 2 saturated heterocycles. The van der Waals surface area contributed by atoms with Crippen molar-refractivity contribution in [3.05, 3.63) is 35.6 Å². The summed E-state index contributed by atoms with van der Waals surface area (Å²) < 4.78 is 13.1. The molecule has 0 aliphatic carbocycles. The second-order valence-electron chi connectivity index (χ2n) is 6.92. The number of halogens is 1. The molecule has 134 valence electrons. The number of amides is 3. The van der Waals surface area contributed by atoms with E-state index in [-0.39, 0.29) is 24.3 Å². The molecule has 3 amide bonds. The van der Waals surface area contributed by atoms with Gasteiger partial charge in [0, 0.05) is 32.7 Å². The lowest BCUT2D eigenvalue weighted by Crippen LogP contribution is -2.61. The number of hydrogen-bond donors (Lipinski definition) is 0. The van der Waals surface area contributed by atoms with Crippen LogP contribution in [0.25, 0.3) is 0 Å². The Morgan fingerprint density at radius 3 is 2.56 bits per heavy atom. The molecule has 2 atom stereocenters. The summed E-state index contributed by atoms with van der Waals surface area (Å²) in [5.74, 6) is -0.684. The van der Waals surface area contributed by atoms with Gasteiger partial charge in [-0.25, -0.2) is 4.39 Å². The van der Waals surface area contributed by atoms with Gasteiger partial charge in [-0.1, -0.05) is 0 Å². The molecule has 2 aliphatic heterocycles. The van der Waals surface area contributed by atoms with Gasteiger partial charge in [-0.05, 0) is 43.0 Å². The highest BCUT2D eigenvalue weighted by molar-refractivity contribution is 5.98. The van der Waals surface area contributed by atoms with Gasteiger partial charge in [-0.15, -0.1) is 0 Å². The molecule has 0 spiro atoms. The highest BCUT2D eigenvalue weighted by Crippen LogP contribution is 2.31. The van der Waals surface area contributed by atoms with E-state index in [4.69, 9.17) is 0 Å². The van der Waals surface area contributed by atoms with Crippen molar-refractivity contribution in [2.75, 3.05) is 33.7 Å². The normalized spacial score (nSPS) is 22.8. The van der Waals surface area contributed by atoms with E-state index in [0.717, 1.165) is 6.42 Å². The van der Waals surface area contributed by atoms with Gasteiger partial charge in [0.1, 0.15) is 11.9 Å². The molecule has 7 heteroatoms. The molecule has 0 aromatic heterocycles. The van der Waals surface area contributed by atoms with Gasteiger partial charge in [-0.2, -0.15) is 0 Å². The fourth-order valence-corrected chi connectivity index (χ4v) is 3.50. The van der Waals surface area contributed by atoms with Gasteiger partial charge >= 0.3 is 0 Å². The largest absolute Gasteiger partial charge is 0.347 e. The zero-order valence-corrected chi connectivity index (χ0v) is 14.4. The van der Waals surface area contributed by atoms with E-state index in [0.29, 0.717) is 31.0 Å². The lowest BCUT2D eigenvalue weighted by Gasteiger charge is -2.46. The zero-order valence-electron chi connectivity index (χ0n) is 14.4. The average molecular weight is 347 g/mol. The van der Waals surface area contributed by atoms with Crippen molar-refractivity contribution in [2.24, 2.45) is 5.92 Å². The second-order valence-corrected chi connectivity index (χ2v) is 6.92. The molecule has 25 heavy (non-hydrogen) atoms. The van der Waals surface area contributed by atoms with Crippen LogP contribution in [-0.4, -0.2) is 72.2 Å².